The van der Waals surface area contributed by atoms with Gasteiger partial charge in [-0.2, -0.15) is 0 Å². The summed E-state index contributed by atoms with van der Waals surface area (Å²) in [6.45, 7) is 1.84. The molecule has 3 amide bonds. The molecule has 29 heavy (non-hydrogen) atoms. The van der Waals surface area contributed by atoms with E-state index in [4.69, 9.17) is 14.2 Å². The fraction of sp³-hybridized carbons (Fsp3) is 0.238. The second-order valence-electron chi connectivity index (χ2n) is 6.15. The van der Waals surface area contributed by atoms with Crippen molar-refractivity contribution in [1.29, 1.82) is 0 Å². The molecule has 3 rings (SSSR count). The standard InChI is InChI=1S/C21H23N3O5/c1-5-29-21(26)24-20(25)22-18(14-6-10-16(27-3)11-7-14)19(23(24)2)15-8-12-17(28-4)13-9-15/h6-13H,5H2,1-4H3,(H,22,25). The van der Waals surface area contributed by atoms with E-state index >= 15 is 0 Å². The molecule has 0 saturated carbocycles. The lowest BCUT2D eigenvalue weighted by molar-refractivity contribution is 0.0548. The third-order valence-electron chi connectivity index (χ3n) is 4.47. The van der Waals surface area contributed by atoms with Crippen LogP contribution in [0.3, 0.4) is 0 Å². The maximum atomic E-state index is 12.7. The maximum Gasteiger partial charge on any atom is 0.437 e. The minimum Gasteiger partial charge on any atom is -0.497 e. The minimum absolute atomic E-state index is 0.156. The summed E-state index contributed by atoms with van der Waals surface area (Å²) < 4.78 is 15.5. The molecule has 2 aromatic rings. The van der Waals surface area contributed by atoms with E-state index in [9.17, 15) is 9.59 Å². The molecule has 0 fully saturated rings. The molecule has 0 radical (unpaired) electrons. The van der Waals surface area contributed by atoms with Crippen molar-refractivity contribution in [3.8, 4) is 11.5 Å². The van der Waals surface area contributed by atoms with Crippen LogP contribution >= 0.6 is 0 Å². The molecule has 0 unspecified atom stereocenters. The van der Waals surface area contributed by atoms with Crippen LogP contribution in [-0.2, 0) is 4.74 Å². The Morgan fingerprint density at radius 2 is 1.45 bits per heavy atom. The molecule has 8 nitrogen and oxygen atoms in total. The molecular weight excluding hydrogens is 374 g/mol. The predicted molar refractivity (Wildman–Crippen MR) is 108 cm³/mol. The third-order valence-corrected chi connectivity index (χ3v) is 4.47. The van der Waals surface area contributed by atoms with Gasteiger partial charge in [-0.25, -0.2) is 9.59 Å². The number of nitrogens with one attached hydrogen (secondary N) is 1. The van der Waals surface area contributed by atoms with Crippen molar-refractivity contribution < 1.29 is 23.8 Å². The van der Waals surface area contributed by atoms with E-state index in [1.54, 1.807) is 40.3 Å². The largest absolute Gasteiger partial charge is 0.497 e. The summed E-state index contributed by atoms with van der Waals surface area (Å²) in [6.07, 6.45) is -0.757. The number of hydrogen-bond acceptors (Lipinski definition) is 6. The van der Waals surface area contributed by atoms with Crippen molar-refractivity contribution in [1.82, 2.24) is 15.3 Å². The van der Waals surface area contributed by atoms with E-state index in [-0.39, 0.29) is 6.61 Å². The quantitative estimate of drug-likeness (QED) is 0.831. The normalized spacial score (nSPS) is 13.9. The van der Waals surface area contributed by atoms with Gasteiger partial charge in [0.25, 0.3) is 0 Å². The lowest BCUT2D eigenvalue weighted by Gasteiger charge is -2.38. The smallest absolute Gasteiger partial charge is 0.437 e. The first-order chi connectivity index (χ1) is 14.0. The first kappa shape index (κ1) is 20.1. The van der Waals surface area contributed by atoms with E-state index in [0.717, 1.165) is 16.1 Å². The Labute approximate surface area is 169 Å². The first-order valence-electron chi connectivity index (χ1n) is 9.04. The van der Waals surface area contributed by atoms with Gasteiger partial charge in [0.15, 0.2) is 0 Å². The zero-order chi connectivity index (χ0) is 21.0. The molecule has 0 spiro atoms. The van der Waals surface area contributed by atoms with E-state index in [2.05, 4.69) is 5.32 Å². The second-order valence-corrected chi connectivity index (χ2v) is 6.15. The van der Waals surface area contributed by atoms with Gasteiger partial charge in [0.05, 0.1) is 32.2 Å². The van der Waals surface area contributed by atoms with Crippen LogP contribution in [0.5, 0.6) is 11.5 Å². The Bertz CT molecular complexity index is 922. The Kier molecular flexibility index (Phi) is 5.92. The predicted octanol–water partition coefficient (Wildman–Crippen LogP) is 3.56. The van der Waals surface area contributed by atoms with Gasteiger partial charge in [-0.05, 0) is 55.5 Å². The summed E-state index contributed by atoms with van der Waals surface area (Å²) in [7, 11) is 4.82. The number of carbonyl (C=O) groups is 2. The lowest BCUT2D eigenvalue weighted by Crippen LogP contribution is -2.55. The van der Waals surface area contributed by atoms with E-state index < -0.39 is 12.1 Å². The van der Waals surface area contributed by atoms with Gasteiger partial charge in [-0.3, -0.25) is 5.01 Å². The van der Waals surface area contributed by atoms with E-state index in [1.165, 1.54) is 5.01 Å². The van der Waals surface area contributed by atoms with E-state index in [1.807, 2.05) is 36.4 Å². The number of urea groups is 1. The summed E-state index contributed by atoms with van der Waals surface area (Å²) in [5.41, 5.74) is 2.74. The van der Waals surface area contributed by atoms with Gasteiger partial charge in [-0.1, -0.05) is 0 Å². The molecule has 1 heterocycles. The van der Waals surface area contributed by atoms with Crippen LogP contribution in [0.25, 0.3) is 11.4 Å². The number of benzene rings is 2. The van der Waals surface area contributed by atoms with Crippen LogP contribution in [0.2, 0.25) is 0 Å². The molecule has 1 aliphatic rings. The van der Waals surface area contributed by atoms with Crippen LogP contribution < -0.4 is 14.8 Å². The van der Waals surface area contributed by atoms with Crippen LogP contribution in [0.4, 0.5) is 9.59 Å². The highest BCUT2D eigenvalue weighted by Gasteiger charge is 2.36. The number of amides is 3. The SMILES string of the molecule is CCOC(=O)N1C(=O)NC(c2ccc(OC)cc2)=C(c2ccc(OC)cc2)N1C. The highest BCUT2D eigenvalue weighted by molar-refractivity contribution is 6.04. The van der Waals surface area contributed by atoms with Gasteiger partial charge in [0.1, 0.15) is 11.5 Å². The summed E-state index contributed by atoms with van der Waals surface area (Å²) in [6, 6.07) is 14.0. The average molecular weight is 397 g/mol. The number of hydrazine groups is 1. The minimum atomic E-state index is -0.757. The number of rotatable bonds is 5. The Morgan fingerprint density at radius 1 is 0.931 bits per heavy atom. The molecule has 0 bridgehead atoms. The van der Waals surface area contributed by atoms with Crippen molar-refractivity contribution in [2.24, 2.45) is 0 Å². The fourth-order valence-electron chi connectivity index (χ4n) is 3.05. The van der Waals surface area contributed by atoms with Gasteiger partial charge in [0, 0.05) is 18.2 Å². The number of ether oxygens (including phenoxy) is 3. The highest BCUT2D eigenvalue weighted by Crippen LogP contribution is 2.33. The maximum absolute atomic E-state index is 12.7. The summed E-state index contributed by atoms with van der Waals surface area (Å²) in [5.74, 6) is 1.40. The van der Waals surface area contributed by atoms with Gasteiger partial charge < -0.3 is 19.5 Å². The molecule has 2 aromatic carbocycles. The highest BCUT2D eigenvalue weighted by atomic mass is 16.6. The molecule has 1 N–H and O–H groups in total. The molecule has 0 saturated heterocycles. The molecular formula is C21H23N3O5. The average Bonchev–Trinajstić information content (AvgIpc) is 2.74. The zero-order valence-corrected chi connectivity index (χ0v) is 16.8. The number of carbonyl (C=O) groups excluding carboxylic acids is 2. The van der Waals surface area contributed by atoms with Crippen LogP contribution in [-0.4, -0.2) is 50.0 Å². The third kappa shape index (κ3) is 3.96. The molecule has 152 valence electrons. The topological polar surface area (TPSA) is 80.3 Å². The molecule has 1 aliphatic heterocycles. The Hall–Kier alpha value is -3.68. The second kappa shape index (κ2) is 8.55. The first-order valence-corrected chi connectivity index (χ1v) is 9.04. The summed E-state index contributed by atoms with van der Waals surface area (Å²) in [4.78, 5) is 25.1. The van der Waals surface area contributed by atoms with Crippen molar-refractivity contribution in [3.63, 3.8) is 0 Å². The summed E-state index contributed by atoms with van der Waals surface area (Å²) in [5, 5.41) is 5.23. The molecule has 0 atom stereocenters. The van der Waals surface area contributed by atoms with Crippen molar-refractivity contribution in [2.45, 2.75) is 6.92 Å². The van der Waals surface area contributed by atoms with Crippen LogP contribution in [0.15, 0.2) is 48.5 Å². The monoisotopic (exact) mass is 397 g/mol. The number of hydrogen-bond donors (Lipinski definition) is 1. The lowest BCUT2D eigenvalue weighted by atomic mass is 10.0. The van der Waals surface area contributed by atoms with Crippen molar-refractivity contribution >= 4 is 23.5 Å². The van der Waals surface area contributed by atoms with Crippen LogP contribution in [0.1, 0.15) is 18.1 Å². The summed E-state index contributed by atoms with van der Waals surface area (Å²) >= 11 is 0. The number of nitrogens with zero attached hydrogens (tertiary/aromatic N) is 2. The Morgan fingerprint density at radius 3 is 1.93 bits per heavy atom. The van der Waals surface area contributed by atoms with Gasteiger partial charge >= 0.3 is 12.1 Å². The van der Waals surface area contributed by atoms with E-state index in [0.29, 0.717) is 22.9 Å². The van der Waals surface area contributed by atoms with Crippen LogP contribution in [0, 0.1) is 0 Å². The number of methoxy groups -OCH3 is 2. The molecule has 0 aliphatic carbocycles. The Balaban J connectivity index is 2.14. The molecule has 0 aromatic heterocycles. The fourth-order valence-corrected chi connectivity index (χ4v) is 3.05. The van der Waals surface area contributed by atoms with Crippen molar-refractivity contribution in [2.75, 3.05) is 27.9 Å². The number of imide groups is 1. The van der Waals surface area contributed by atoms with Gasteiger partial charge in [-0.15, -0.1) is 5.01 Å². The van der Waals surface area contributed by atoms with Gasteiger partial charge in [0.2, 0.25) is 0 Å². The van der Waals surface area contributed by atoms with Crippen molar-refractivity contribution in [3.05, 3.63) is 59.7 Å². The zero-order valence-electron chi connectivity index (χ0n) is 16.8. The molecule has 8 heteroatoms.